The standard InChI is InChI=1S/C11H15N3O5S/c1-7-2-3-8(6-9(7)10(15)16)14-11(17)13-4-5-20(12,18)19/h2-3,6H,4-5H2,1H3,(H,15,16)(H2,12,18,19)(H2,13,14,17). The monoisotopic (exact) mass is 301 g/mol. The van der Waals surface area contributed by atoms with Crippen LogP contribution in [0.15, 0.2) is 18.2 Å². The lowest BCUT2D eigenvalue weighted by Gasteiger charge is -2.09. The molecule has 0 aromatic heterocycles. The van der Waals surface area contributed by atoms with Gasteiger partial charge in [-0.05, 0) is 24.6 Å². The number of aromatic carboxylic acids is 1. The molecule has 0 aliphatic carbocycles. The van der Waals surface area contributed by atoms with Crippen LogP contribution in [-0.2, 0) is 10.0 Å². The van der Waals surface area contributed by atoms with Gasteiger partial charge in [0.1, 0.15) is 0 Å². The molecule has 9 heteroatoms. The molecule has 1 aromatic carbocycles. The molecule has 1 aromatic rings. The lowest BCUT2D eigenvalue weighted by molar-refractivity contribution is 0.0696. The summed E-state index contributed by atoms with van der Waals surface area (Å²) in [5.41, 5.74) is 0.936. The first-order valence-electron chi connectivity index (χ1n) is 5.58. The zero-order chi connectivity index (χ0) is 15.3. The first kappa shape index (κ1) is 15.9. The second-order valence-corrected chi connectivity index (χ2v) is 5.82. The van der Waals surface area contributed by atoms with Crippen LogP contribution in [0.1, 0.15) is 15.9 Å². The number of nitrogens with one attached hydrogen (secondary N) is 2. The van der Waals surface area contributed by atoms with Crippen molar-refractivity contribution in [3.05, 3.63) is 29.3 Å². The second-order valence-electron chi connectivity index (χ2n) is 4.08. The van der Waals surface area contributed by atoms with E-state index in [2.05, 4.69) is 10.6 Å². The molecular formula is C11H15N3O5S. The van der Waals surface area contributed by atoms with E-state index >= 15 is 0 Å². The Morgan fingerprint density at radius 3 is 2.55 bits per heavy atom. The Morgan fingerprint density at radius 1 is 1.35 bits per heavy atom. The molecule has 0 saturated heterocycles. The molecule has 0 atom stereocenters. The molecule has 0 unspecified atom stereocenters. The average molecular weight is 301 g/mol. The molecule has 2 amide bonds. The number of benzene rings is 1. The molecule has 1 rings (SSSR count). The number of carboxylic acids is 1. The summed E-state index contributed by atoms with van der Waals surface area (Å²) in [6, 6.07) is 3.77. The minimum atomic E-state index is -3.64. The average Bonchev–Trinajstić information content (AvgIpc) is 2.29. The van der Waals surface area contributed by atoms with Gasteiger partial charge in [0.05, 0.1) is 11.3 Å². The number of carbonyl (C=O) groups is 2. The number of carboxylic acid groups (broad SMARTS) is 1. The van der Waals surface area contributed by atoms with Crippen LogP contribution in [0.4, 0.5) is 10.5 Å². The number of sulfonamides is 1. The normalized spacial score (nSPS) is 10.9. The zero-order valence-corrected chi connectivity index (χ0v) is 11.5. The Balaban J connectivity index is 2.63. The van der Waals surface area contributed by atoms with Crippen molar-refractivity contribution in [3.8, 4) is 0 Å². The molecule has 5 N–H and O–H groups in total. The number of primary sulfonamides is 1. The van der Waals surface area contributed by atoms with Gasteiger partial charge in [0.25, 0.3) is 0 Å². The quantitative estimate of drug-likeness (QED) is 0.611. The van der Waals surface area contributed by atoms with Crippen molar-refractivity contribution in [3.63, 3.8) is 0 Å². The van der Waals surface area contributed by atoms with E-state index in [9.17, 15) is 18.0 Å². The largest absolute Gasteiger partial charge is 0.478 e. The number of aryl methyl sites for hydroxylation is 1. The molecule has 0 bridgehead atoms. The van der Waals surface area contributed by atoms with E-state index in [-0.39, 0.29) is 17.9 Å². The van der Waals surface area contributed by atoms with Crippen LogP contribution >= 0.6 is 0 Å². The number of anilines is 1. The predicted molar refractivity (Wildman–Crippen MR) is 73.1 cm³/mol. The number of rotatable bonds is 5. The number of hydrogen-bond acceptors (Lipinski definition) is 4. The van der Waals surface area contributed by atoms with Crippen LogP contribution < -0.4 is 15.8 Å². The van der Waals surface area contributed by atoms with E-state index < -0.39 is 22.0 Å². The van der Waals surface area contributed by atoms with E-state index in [1.807, 2.05) is 0 Å². The highest BCUT2D eigenvalue weighted by Crippen LogP contribution is 2.15. The third-order valence-electron chi connectivity index (χ3n) is 2.40. The van der Waals surface area contributed by atoms with Gasteiger partial charge in [-0.2, -0.15) is 0 Å². The number of nitrogens with two attached hydrogens (primary N) is 1. The van der Waals surface area contributed by atoms with Crippen molar-refractivity contribution in [2.75, 3.05) is 17.6 Å². The summed E-state index contributed by atoms with van der Waals surface area (Å²) in [5, 5.41) is 18.4. The molecule has 110 valence electrons. The van der Waals surface area contributed by atoms with Gasteiger partial charge in [-0.25, -0.2) is 23.1 Å². The Bertz CT molecular complexity index is 627. The third kappa shape index (κ3) is 5.24. The Kier molecular flexibility index (Phi) is 5.06. The fraction of sp³-hybridized carbons (Fsp3) is 0.273. The molecular weight excluding hydrogens is 286 g/mol. The number of amides is 2. The number of hydrogen-bond donors (Lipinski definition) is 4. The summed E-state index contributed by atoms with van der Waals surface area (Å²) >= 11 is 0. The van der Waals surface area contributed by atoms with Crippen molar-refractivity contribution < 1.29 is 23.1 Å². The Labute approximate surface area is 116 Å². The molecule has 0 fully saturated rings. The molecule has 8 nitrogen and oxygen atoms in total. The van der Waals surface area contributed by atoms with Crippen LogP contribution in [-0.4, -0.2) is 37.8 Å². The van der Waals surface area contributed by atoms with Gasteiger partial charge >= 0.3 is 12.0 Å². The smallest absolute Gasteiger partial charge is 0.336 e. The summed E-state index contributed by atoms with van der Waals surface area (Å²) in [5.74, 6) is -1.48. The topological polar surface area (TPSA) is 139 Å². The Hall–Kier alpha value is -2.13. The minimum Gasteiger partial charge on any atom is -0.478 e. The summed E-state index contributed by atoms with van der Waals surface area (Å²) in [6.45, 7) is 1.50. The van der Waals surface area contributed by atoms with Gasteiger partial charge in [-0.15, -0.1) is 0 Å². The molecule has 0 heterocycles. The number of carbonyl (C=O) groups excluding carboxylic acids is 1. The maximum Gasteiger partial charge on any atom is 0.336 e. The van der Waals surface area contributed by atoms with E-state index in [0.29, 0.717) is 11.3 Å². The van der Waals surface area contributed by atoms with Gasteiger partial charge < -0.3 is 15.7 Å². The lowest BCUT2D eigenvalue weighted by atomic mass is 10.1. The third-order valence-corrected chi connectivity index (χ3v) is 3.17. The van der Waals surface area contributed by atoms with E-state index in [0.717, 1.165) is 0 Å². The Morgan fingerprint density at radius 2 is 2.00 bits per heavy atom. The van der Waals surface area contributed by atoms with Gasteiger partial charge in [0.2, 0.25) is 10.0 Å². The molecule has 0 aliphatic heterocycles. The fourth-order valence-electron chi connectivity index (χ4n) is 1.41. The minimum absolute atomic E-state index is 0.0762. The van der Waals surface area contributed by atoms with Crippen LogP contribution in [0.3, 0.4) is 0 Å². The number of urea groups is 1. The summed E-state index contributed by atoms with van der Waals surface area (Å²) in [6.07, 6.45) is 0. The van der Waals surface area contributed by atoms with E-state index in [4.69, 9.17) is 10.2 Å². The zero-order valence-electron chi connectivity index (χ0n) is 10.7. The van der Waals surface area contributed by atoms with Crippen LogP contribution in [0.5, 0.6) is 0 Å². The van der Waals surface area contributed by atoms with Crippen molar-refractivity contribution in [1.82, 2.24) is 5.32 Å². The predicted octanol–water partition coefficient (Wildman–Crippen LogP) is 0.103. The highest BCUT2D eigenvalue weighted by Gasteiger charge is 2.10. The van der Waals surface area contributed by atoms with Crippen molar-refractivity contribution in [2.24, 2.45) is 5.14 Å². The first-order chi connectivity index (χ1) is 9.19. The fourth-order valence-corrected chi connectivity index (χ4v) is 1.80. The highest BCUT2D eigenvalue weighted by molar-refractivity contribution is 7.89. The first-order valence-corrected chi connectivity index (χ1v) is 7.30. The van der Waals surface area contributed by atoms with Crippen molar-refractivity contribution in [1.29, 1.82) is 0 Å². The van der Waals surface area contributed by atoms with Crippen LogP contribution in [0, 0.1) is 6.92 Å². The molecule has 0 radical (unpaired) electrons. The van der Waals surface area contributed by atoms with E-state index in [1.165, 1.54) is 6.07 Å². The maximum absolute atomic E-state index is 11.5. The highest BCUT2D eigenvalue weighted by atomic mass is 32.2. The SMILES string of the molecule is Cc1ccc(NC(=O)NCCS(N)(=O)=O)cc1C(=O)O. The van der Waals surface area contributed by atoms with Crippen LogP contribution in [0.2, 0.25) is 0 Å². The molecule has 0 aliphatic rings. The van der Waals surface area contributed by atoms with E-state index in [1.54, 1.807) is 19.1 Å². The summed E-state index contributed by atoms with van der Waals surface area (Å²) < 4.78 is 21.3. The van der Waals surface area contributed by atoms with Crippen molar-refractivity contribution >= 4 is 27.7 Å². The molecule has 20 heavy (non-hydrogen) atoms. The van der Waals surface area contributed by atoms with Gasteiger partial charge in [0.15, 0.2) is 0 Å². The van der Waals surface area contributed by atoms with Crippen molar-refractivity contribution in [2.45, 2.75) is 6.92 Å². The maximum atomic E-state index is 11.5. The summed E-state index contributed by atoms with van der Waals surface area (Å²) in [7, 11) is -3.64. The van der Waals surface area contributed by atoms with Gasteiger partial charge in [-0.3, -0.25) is 0 Å². The lowest BCUT2D eigenvalue weighted by Crippen LogP contribution is -2.34. The van der Waals surface area contributed by atoms with Gasteiger partial charge in [-0.1, -0.05) is 6.07 Å². The summed E-state index contributed by atoms with van der Waals surface area (Å²) in [4.78, 5) is 22.4. The van der Waals surface area contributed by atoms with Gasteiger partial charge in [0, 0.05) is 12.2 Å². The molecule has 0 spiro atoms. The molecule has 0 saturated carbocycles. The second kappa shape index (κ2) is 6.35. The van der Waals surface area contributed by atoms with Crippen LogP contribution in [0.25, 0.3) is 0 Å².